The van der Waals surface area contributed by atoms with E-state index in [9.17, 15) is 0 Å². The van der Waals surface area contributed by atoms with Crippen molar-refractivity contribution in [3.63, 3.8) is 0 Å². The topological polar surface area (TPSA) is 9.23 Å². The molecule has 1 aliphatic heterocycles. The standard InChI is InChI=1S/C10H14BrClO/c1-10(2)8(12)5-7-6(9(10)11)3-4-13-7/h3,7-9H,4-5H2,1-2H3/t7-,8+,9+/m0/s1. The van der Waals surface area contributed by atoms with Crippen LogP contribution in [0.15, 0.2) is 11.6 Å². The van der Waals surface area contributed by atoms with Crippen LogP contribution in [0.1, 0.15) is 20.3 Å². The Morgan fingerprint density at radius 3 is 3.00 bits per heavy atom. The first-order valence-electron chi connectivity index (χ1n) is 4.63. The third-order valence-corrected chi connectivity index (χ3v) is 5.61. The summed E-state index contributed by atoms with van der Waals surface area (Å²) >= 11 is 10.1. The monoisotopic (exact) mass is 264 g/mol. The molecule has 0 radical (unpaired) electrons. The molecule has 0 aromatic heterocycles. The first-order valence-corrected chi connectivity index (χ1v) is 5.98. The zero-order chi connectivity index (χ0) is 9.64. The molecule has 0 aromatic carbocycles. The van der Waals surface area contributed by atoms with Gasteiger partial charge < -0.3 is 4.74 Å². The Hall–Kier alpha value is 0.470. The molecule has 3 atom stereocenters. The highest BCUT2D eigenvalue weighted by Gasteiger charge is 2.46. The van der Waals surface area contributed by atoms with Gasteiger partial charge in [-0.25, -0.2) is 0 Å². The molecule has 1 saturated carbocycles. The Kier molecular flexibility index (Phi) is 2.50. The fourth-order valence-corrected chi connectivity index (χ4v) is 3.28. The van der Waals surface area contributed by atoms with Gasteiger partial charge in [-0.3, -0.25) is 0 Å². The van der Waals surface area contributed by atoms with E-state index < -0.39 is 0 Å². The lowest BCUT2D eigenvalue weighted by atomic mass is 9.73. The predicted octanol–water partition coefficient (Wildman–Crippen LogP) is 3.11. The van der Waals surface area contributed by atoms with Gasteiger partial charge in [-0.1, -0.05) is 35.9 Å². The highest BCUT2D eigenvalue weighted by Crippen LogP contribution is 2.48. The minimum Gasteiger partial charge on any atom is -0.370 e. The van der Waals surface area contributed by atoms with E-state index in [1.54, 1.807) is 0 Å². The van der Waals surface area contributed by atoms with E-state index in [1.165, 1.54) is 5.57 Å². The Balaban J connectivity index is 2.28. The Bertz CT molecular complexity index is 249. The van der Waals surface area contributed by atoms with Crippen LogP contribution in [-0.2, 0) is 4.74 Å². The van der Waals surface area contributed by atoms with Crippen LogP contribution in [0.5, 0.6) is 0 Å². The number of rotatable bonds is 0. The van der Waals surface area contributed by atoms with E-state index >= 15 is 0 Å². The number of ether oxygens (including phenoxy) is 1. The number of alkyl halides is 2. The molecular weight excluding hydrogens is 251 g/mol. The van der Waals surface area contributed by atoms with Gasteiger partial charge >= 0.3 is 0 Å². The lowest BCUT2D eigenvalue weighted by Crippen LogP contribution is -2.44. The van der Waals surface area contributed by atoms with Gasteiger partial charge in [0.1, 0.15) is 0 Å². The summed E-state index contributed by atoms with van der Waals surface area (Å²) in [7, 11) is 0. The van der Waals surface area contributed by atoms with Crippen molar-refractivity contribution in [3.05, 3.63) is 11.6 Å². The van der Waals surface area contributed by atoms with Gasteiger partial charge in [0.15, 0.2) is 0 Å². The molecule has 13 heavy (non-hydrogen) atoms. The second-order valence-corrected chi connectivity index (χ2v) is 5.86. The first kappa shape index (κ1) is 10.0. The number of fused-ring (bicyclic) bond motifs is 1. The maximum Gasteiger partial charge on any atom is 0.0815 e. The van der Waals surface area contributed by atoms with Gasteiger partial charge in [-0.05, 0) is 17.4 Å². The Morgan fingerprint density at radius 1 is 1.62 bits per heavy atom. The summed E-state index contributed by atoms with van der Waals surface area (Å²) in [5.74, 6) is 0. The molecule has 3 heteroatoms. The summed E-state index contributed by atoms with van der Waals surface area (Å²) in [4.78, 5) is 0.365. The smallest absolute Gasteiger partial charge is 0.0815 e. The molecule has 1 heterocycles. The predicted molar refractivity (Wildman–Crippen MR) is 58.6 cm³/mol. The normalized spacial score (nSPS) is 42.8. The molecule has 1 aliphatic carbocycles. The van der Waals surface area contributed by atoms with Gasteiger partial charge in [0, 0.05) is 10.2 Å². The van der Waals surface area contributed by atoms with Crippen molar-refractivity contribution in [2.45, 2.75) is 36.6 Å². The molecule has 2 aliphatic rings. The summed E-state index contributed by atoms with van der Waals surface area (Å²) in [6.07, 6.45) is 3.40. The van der Waals surface area contributed by atoms with Crippen LogP contribution in [0.3, 0.4) is 0 Å². The highest BCUT2D eigenvalue weighted by molar-refractivity contribution is 9.09. The van der Waals surface area contributed by atoms with Crippen LogP contribution in [-0.4, -0.2) is 22.9 Å². The Morgan fingerprint density at radius 2 is 2.31 bits per heavy atom. The lowest BCUT2D eigenvalue weighted by Gasteiger charge is -2.42. The van der Waals surface area contributed by atoms with E-state index in [2.05, 4.69) is 35.9 Å². The van der Waals surface area contributed by atoms with E-state index in [-0.39, 0.29) is 16.9 Å². The fourth-order valence-electron chi connectivity index (χ4n) is 2.04. The average Bonchev–Trinajstić information content (AvgIpc) is 2.49. The SMILES string of the molecule is CC1(C)[C@H](Cl)C[C@@H]2OCC=C2[C@H]1Br. The number of halogens is 2. The summed E-state index contributed by atoms with van der Waals surface area (Å²) in [6.45, 7) is 5.17. The summed E-state index contributed by atoms with van der Waals surface area (Å²) < 4.78 is 5.58. The largest absolute Gasteiger partial charge is 0.370 e. The van der Waals surface area contributed by atoms with Crippen LogP contribution < -0.4 is 0 Å². The number of hydrogen-bond donors (Lipinski definition) is 0. The molecule has 0 unspecified atom stereocenters. The zero-order valence-corrected chi connectivity index (χ0v) is 10.2. The molecule has 0 N–H and O–H groups in total. The summed E-state index contributed by atoms with van der Waals surface area (Å²) in [5.41, 5.74) is 1.51. The molecular formula is C10H14BrClO. The molecule has 0 amide bonds. The first-order chi connectivity index (χ1) is 6.03. The molecule has 0 saturated heterocycles. The van der Waals surface area contributed by atoms with Gasteiger partial charge in [0.05, 0.1) is 12.7 Å². The molecule has 0 spiro atoms. The van der Waals surface area contributed by atoms with Gasteiger partial charge in [-0.2, -0.15) is 0 Å². The second-order valence-electron chi connectivity index (χ2n) is 4.41. The van der Waals surface area contributed by atoms with Crippen LogP contribution in [0.2, 0.25) is 0 Å². The van der Waals surface area contributed by atoms with Crippen LogP contribution in [0, 0.1) is 5.41 Å². The van der Waals surface area contributed by atoms with E-state index in [1.807, 2.05) is 0 Å². The summed E-state index contributed by atoms with van der Waals surface area (Å²) in [6, 6.07) is 0. The Labute approximate surface area is 92.6 Å². The van der Waals surface area contributed by atoms with Crippen molar-refractivity contribution in [1.29, 1.82) is 0 Å². The average molecular weight is 266 g/mol. The highest BCUT2D eigenvalue weighted by atomic mass is 79.9. The molecule has 1 fully saturated rings. The van der Waals surface area contributed by atoms with Crippen LogP contribution in [0.25, 0.3) is 0 Å². The summed E-state index contributed by atoms with van der Waals surface area (Å²) in [5, 5.41) is 0.192. The van der Waals surface area contributed by atoms with Crippen molar-refractivity contribution in [2.24, 2.45) is 5.41 Å². The van der Waals surface area contributed by atoms with E-state index in [0.717, 1.165) is 13.0 Å². The maximum atomic E-state index is 6.33. The molecule has 2 rings (SSSR count). The van der Waals surface area contributed by atoms with Gasteiger partial charge in [0.2, 0.25) is 0 Å². The van der Waals surface area contributed by atoms with E-state index in [4.69, 9.17) is 16.3 Å². The third-order valence-electron chi connectivity index (χ3n) is 3.16. The minimum atomic E-state index is 0.123. The molecule has 0 aromatic rings. The van der Waals surface area contributed by atoms with Crippen molar-refractivity contribution in [3.8, 4) is 0 Å². The quantitative estimate of drug-likeness (QED) is 0.483. The van der Waals surface area contributed by atoms with E-state index in [0.29, 0.717) is 4.83 Å². The number of hydrogen-bond acceptors (Lipinski definition) is 1. The van der Waals surface area contributed by atoms with Crippen molar-refractivity contribution in [2.75, 3.05) is 6.61 Å². The van der Waals surface area contributed by atoms with Crippen LogP contribution in [0.4, 0.5) is 0 Å². The van der Waals surface area contributed by atoms with Gasteiger partial charge in [-0.15, -0.1) is 11.6 Å². The molecule has 1 nitrogen and oxygen atoms in total. The molecule has 74 valence electrons. The van der Waals surface area contributed by atoms with Crippen molar-refractivity contribution in [1.82, 2.24) is 0 Å². The fraction of sp³-hybridized carbons (Fsp3) is 0.800. The van der Waals surface area contributed by atoms with Gasteiger partial charge in [0.25, 0.3) is 0 Å². The third kappa shape index (κ3) is 1.47. The second kappa shape index (κ2) is 3.25. The molecule has 0 bridgehead atoms. The zero-order valence-electron chi connectivity index (χ0n) is 7.89. The maximum absolute atomic E-state index is 6.33. The van der Waals surface area contributed by atoms with Crippen LogP contribution >= 0.6 is 27.5 Å². The lowest BCUT2D eigenvalue weighted by molar-refractivity contribution is 0.0853. The van der Waals surface area contributed by atoms with Crippen molar-refractivity contribution >= 4 is 27.5 Å². The minimum absolute atomic E-state index is 0.123. The van der Waals surface area contributed by atoms with Crippen molar-refractivity contribution < 1.29 is 4.74 Å².